The Hall–Kier alpha value is -2.80. The summed E-state index contributed by atoms with van der Waals surface area (Å²) in [5.74, 6) is -1.22. The van der Waals surface area contributed by atoms with Gasteiger partial charge in [-0.3, -0.25) is 14.9 Å². The highest BCUT2D eigenvalue weighted by molar-refractivity contribution is 6.07. The molecule has 0 aliphatic carbocycles. The summed E-state index contributed by atoms with van der Waals surface area (Å²) in [6.45, 7) is 0.0459. The van der Waals surface area contributed by atoms with E-state index in [1.54, 1.807) is 0 Å². The van der Waals surface area contributed by atoms with Crippen molar-refractivity contribution in [2.75, 3.05) is 5.32 Å². The number of benzene rings is 2. The number of carbonyl (C=O) groups is 1. The van der Waals surface area contributed by atoms with Crippen LogP contribution in [0.1, 0.15) is 15.9 Å². The molecule has 0 unspecified atom stereocenters. The van der Waals surface area contributed by atoms with Gasteiger partial charge in [-0.2, -0.15) is 0 Å². The summed E-state index contributed by atoms with van der Waals surface area (Å²) in [6.07, 6.45) is 0. The van der Waals surface area contributed by atoms with Gasteiger partial charge in [0.1, 0.15) is 11.4 Å². The van der Waals surface area contributed by atoms with Crippen LogP contribution in [0.3, 0.4) is 0 Å². The average Bonchev–Trinajstić information content (AvgIpc) is 2.47. The van der Waals surface area contributed by atoms with Gasteiger partial charge >= 0.3 is 0 Å². The molecule has 21 heavy (non-hydrogen) atoms. The fourth-order valence-corrected chi connectivity index (χ4v) is 1.81. The zero-order valence-corrected chi connectivity index (χ0v) is 10.9. The van der Waals surface area contributed by atoms with Crippen LogP contribution < -0.4 is 11.1 Å². The second-order valence-electron chi connectivity index (χ2n) is 4.24. The van der Waals surface area contributed by atoms with Gasteiger partial charge in [-0.25, -0.2) is 4.39 Å². The number of anilines is 1. The third-order valence-electron chi connectivity index (χ3n) is 2.88. The minimum Gasteiger partial charge on any atom is -0.326 e. The highest BCUT2D eigenvalue weighted by atomic mass is 19.1. The van der Waals surface area contributed by atoms with Gasteiger partial charge < -0.3 is 11.1 Å². The molecule has 2 rings (SSSR count). The van der Waals surface area contributed by atoms with Gasteiger partial charge in [0, 0.05) is 23.9 Å². The number of nitro groups is 1. The van der Waals surface area contributed by atoms with E-state index in [0.717, 1.165) is 6.07 Å². The Balaban J connectivity index is 2.26. The Morgan fingerprint density at radius 2 is 2.00 bits per heavy atom. The first-order valence-electron chi connectivity index (χ1n) is 6.06. The molecule has 1 amide bonds. The molecule has 0 saturated heterocycles. The third-order valence-corrected chi connectivity index (χ3v) is 2.88. The lowest BCUT2D eigenvalue weighted by Crippen LogP contribution is -2.14. The van der Waals surface area contributed by atoms with Crippen molar-refractivity contribution < 1.29 is 14.1 Å². The molecular formula is C14H12FN3O3. The maximum absolute atomic E-state index is 13.6. The molecule has 0 aromatic heterocycles. The molecule has 0 saturated carbocycles. The minimum atomic E-state index is -0.679. The number of hydrogen-bond donors (Lipinski definition) is 2. The number of rotatable bonds is 4. The van der Waals surface area contributed by atoms with Crippen LogP contribution in [-0.2, 0) is 6.54 Å². The Labute approximate surface area is 119 Å². The number of nitro benzene ring substituents is 1. The molecule has 0 fully saturated rings. The minimum absolute atomic E-state index is 0.0459. The van der Waals surface area contributed by atoms with Crippen molar-refractivity contribution in [3.8, 4) is 0 Å². The summed E-state index contributed by atoms with van der Waals surface area (Å²) < 4.78 is 13.6. The van der Waals surface area contributed by atoms with E-state index in [1.165, 1.54) is 36.4 Å². The van der Waals surface area contributed by atoms with E-state index in [9.17, 15) is 19.3 Å². The summed E-state index contributed by atoms with van der Waals surface area (Å²) in [7, 11) is 0. The number of carbonyl (C=O) groups excluding carboxylic acids is 1. The van der Waals surface area contributed by atoms with Gasteiger partial charge in [-0.05, 0) is 18.2 Å². The summed E-state index contributed by atoms with van der Waals surface area (Å²) in [5.41, 5.74) is 5.46. The number of amides is 1. The van der Waals surface area contributed by atoms with Gasteiger partial charge in [-0.1, -0.05) is 18.2 Å². The lowest BCUT2D eigenvalue weighted by atomic mass is 10.1. The first-order chi connectivity index (χ1) is 10.0. The van der Waals surface area contributed by atoms with E-state index in [2.05, 4.69) is 5.32 Å². The van der Waals surface area contributed by atoms with Crippen molar-refractivity contribution in [2.45, 2.75) is 6.54 Å². The molecule has 6 nitrogen and oxygen atoms in total. The molecular weight excluding hydrogens is 277 g/mol. The maximum atomic E-state index is 13.6. The van der Waals surface area contributed by atoms with E-state index in [4.69, 9.17) is 5.73 Å². The lowest BCUT2D eigenvalue weighted by molar-refractivity contribution is -0.385. The summed E-state index contributed by atoms with van der Waals surface area (Å²) >= 11 is 0. The number of nitrogens with two attached hydrogens (primary N) is 1. The van der Waals surface area contributed by atoms with Gasteiger partial charge in [0.25, 0.3) is 11.6 Å². The van der Waals surface area contributed by atoms with E-state index in [-0.39, 0.29) is 23.5 Å². The van der Waals surface area contributed by atoms with Gasteiger partial charge in [-0.15, -0.1) is 0 Å². The van der Waals surface area contributed by atoms with E-state index in [0.29, 0.717) is 5.56 Å². The summed E-state index contributed by atoms with van der Waals surface area (Å²) in [6, 6.07) is 9.59. The van der Waals surface area contributed by atoms with Crippen LogP contribution in [-0.4, -0.2) is 10.8 Å². The highest BCUT2D eigenvalue weighted by Crippen LogP contribution is 2.20. The zero-order valence-electron chi connectivity index (χ0n) is 10.9. The standard InChI is InChI=1S/C14H12FN3O3/c15-12-7-10(6-5-9(12)8-16)17-14(19)11-3-1-2-4-13(11)18(20)21/h1-7H,8,16H2,(H,17,19). The van der Waals surface area contributed by atoms with Crippen LogP contribution in [0.4, 0.5) is 15.8 Å². The molecule has 0 heterocycles. The molecule has 7 heteroatoms. The normalized spacial score (nSPS) is 10.2. The van der Waals surface area contributed by atoms with E-state index in [1.807, 2.05) is 0 Å². The van der Waals surface area contributed by atoms with Crippen molar-refractivity contribution in [3.05, 3.63) is 69.5 Å². The predicted molar refractivity (Wildman–Crippen MR) is 75.3 cm³/mol. The SMILES string of the molecule is NCc1ccc(NC(=O)c2ccccc2[N+](=O)[O-])cc1F. The van der Waals surface area contributed by atoms with Crippen LogP contribution >= 0.6 is 0 Å². The zero-order chi connectivity index (χ0) is 15.4. The number of halogens is 1. The molecule has 0 spiro atoms. The number of para-hydroxylation sites is 1. The molecule has 0 aliphatic rings. The first-order valence-corrected chi connectivity index (χ1v) is 6.06. The van der Waals surface area contributed by atoms with Crippen LogP contribution in [0.2, 0.25) is 0 Å². The van der Waals surface area contributed by atoms with E-state index >= 15 is 0 Å². The van der Waals surface area contributed by atoms with Crippen LogP contribution in [0.5, 0.6) is 0 Å². The summed E-state index contributed by atoms with van der Waals surface area (Å²) in [5, 5.41) is 13.3. The van der Waals surface area contributed by atoms with Gasteiger partial charge in [0.15, 0.2) is 0 Å². The fraction of sp³-hybridized carbons (Fsp3) is 0.0714. The Morgan fingerprint density at radius 3 is 2.62 bits per heavy atom. The fourth-order valence-electron chi connectivity index (χ4n) is 1.81. The van der Waals surface area contributed by atoms with Gasteiger partial charge in [0.05, 0.1) is 4.92 Å². The molecule has 3 N–H and O–H groups in total. The lowest BCUT2D eigenvalue weighted by Gasteiger charge is -2.07. The number of nitrogens with zero attached hydrogens (tertiary/aromatic N) is 1. The molecule has 2 aromatic carbocycles. The summed E-state index contributed by atoms with van der Waals surface area (Å²) in [4.78, 5) is 22.3. The monoisotopic (exact) mass is 289 g/mol. The number of nitrogens with one attached hydrogen (secondary N) is 1. The molecule has 0 aliphatic heterocycles. The number of hydrogen-bond acceptors (Lipinski definition) is 4. The third kappa shape index (κ3) is 3.21. The largest absolute Gasteiger partial charge is 0.326 e. The first kappa shape index (κ1) is 14.6. The Bertz CT molecular complexity index is 704. The molecule has 2 aromatic rings. The van der Waals surface area contributed by atoms with Crippen LogP contribution in [0.25, 0.3) is 0 Å². The second-order valence-corrected chi connectivity index (χ2v) is 4.24. The van der Waals surface area contributed by atoms with Crippen molar-refractivity contribution in [1.29, 1.82) is 0 Å². The molecule has 0 radical (unpaired) electrons. The second kappa shape index (κ2) is 6.10. The predicted octanol–water partition coefficient (Wildman–Crippen LogP) is 2.44. The smallest absolute Gasteiger partial charge is 0.282 e. The quantitative estimate of drug-likeness (QED) is 0.667. The molecule has 0 atom stereocenters. The maximum Gasteiger partial charge on any atom is 0.282 e. The molecule has 0 bridgehead atoms. The Kier molecular flexibility index (Phi) is 4.24. The van der Waals surface area contributed by atoms with Crippen molar-refractivity contribution in [1.82, 2.24) is 0 Å². The highest BCUT2D eigenvalue weighted by Gasteiger charge is 2.19. The van der Waals surface area contributed by atoms with Crippen molar-refractivity contribution in [3.63, 3.8) is 0 Å². The van der Waals surface area contributed by atoms with Crippen LogP contribution in [0, 0.1) is 15.9 Å². The van der Waals surface area contributed by atoms with Gasteiger partial charge in [0.2, 0.25) is 0 Å². The van der Waals surface area contributed by atoms with E-state index < -0.39 is 16.6 Å². The Morgan fingerprint density at radius 1 is 1.29 bits per heavy atom. The van der Waals surface area contributed by atoms with Crippen LogP contribution in [0.15, 0.2) is 42.5 Å². The van der Waals surface area contributed by atoms with Crippen molar-refractivity contribution >= 4 is 17.3 Å². The molecule has 108 valence electrons. The van der Waals surface area contributed by atoms with Crippen molar-refractivity contribution in [2.24, 2.45) is 5.73 Å². The topological polar surface area (TPSA) is 98.3 Å². The average molecular weight is 289 g/mol.